The summed E-state index contributed by atoms with van der Waals surface area (Å²) in [6.45, 7) is 7.16. The predicted octanol–water partition coefficient (Wildman–Crippen LogP) is 3.60. The van der Waals surface area contributed by atoms with Crippen LogP contribution in [-0.2, 0) is 11.8 Å². The SMILES string of the molecule is CC(c1cn(C)nc1-c1ncnc(Cl)c1F)N(C)C(=O)OC(C)(C)C. The average molecular weight is 370 g/mol. The quantitative estimate of drug-likeness (QED) is 0.773. The molecule has 0 saturated carbocycles. The summed E-state index contributed by atoms with van der Waals surface area (Å²) in [6, 6.07) is -0.424. The summed E-state index contributed by atoms with van der Waals surface area (Å²) < 4.78 is 21.2. The van der Waals surface area contributed by atoms with Crippen LogP contribution in [0.2, 0.25) is 5.15 Å². The molecule has 136 valence electrons. The zero-order valence-electron chi connectivity index (χ0n) is 15.0. The number of carbonyl (C=O) groups excluding carboxylic acids is 1. The smallest absolute Gasteiger partial charge is 0.410 e. The highest BCUT2D eigenvalue weighted by Crippen LogP contribution is 2.31. The first-order valence-electron chi connectivity index (χ1n) is 7.67. The lowest BCUT2D eigenvalue weighted by atomic mass is 10.1. The number of hydrogen-bond acceptors (Lipinski definition) is 5. The number of amides is 1. The van der Waals surface area contributed by atoms with Gasteiger partial charge in [-0.15, -0.1) is 0 Å². The van der Waals surface area contributed by atoms with Crippen LogP contribution in [0.4, 0.5) is 9.18 Å². The zero-order chi connectivity index (χ0) is 18.9. The van der Waals surface area contributed by atoms with Gasteiger partial charge in [-0.25, -0.2) is 19.2 Å². The van der Waals surface area contributed by atoms with Crippen LogP contribution in [0.1, 0.15) is 39.3 Å². The minimum Gasteiger partial charge on any atom is -0.444 e. The Morgan fingerprint density at radius 3 is 2.60 bits per heavy atom. The molecule has 0 bridgehead atoms. The third kappa shape index (κ3) is 4.25. The van der Waals surface area contributed by atoms with E-state index in [1.165, 1.54) is 15.9 Å². The maximum absolute atomic E-state index is 14.3. The summed E-state index contributed by atoms with van der Waals surface area (Å²) in [7, 11) is 3.31. The number of aryl methyl sites for hydroxylation is 1. The lowest BCUT2D eigenvalue weighted by molar-refractivity contribution is 0.0234. The third-order valence-electron chi connectivity index (χ3n) is 3.54. The highest BCUT2D eigenvalue weighted by Gasteiger charge is 2.28. The van der Waals surface area contributed by atoms with Gasteiger partial charge in [0.1, 0.15) is 23.3 Å². The molecule has 0 fully saturated rings. The van der Waals surface area contributed by atoms with E-state index in [1.54, 1.807) is 48.0 Å². The maximum Gasteiger partial charge on any atom is 0.410 e. The topological polar surface area (TPSA) is 73.1 Å². The van der Waals surface area contributed by atoms with Gasteiger partial charge in [-0.1, -0.05) is 11.6 Å². The number of nitrogens with zero attached hydrogens (tertiary/aromatic N) is 5. The number of carbonyl (C=O) groups is 1. The van der Waals surface area contributed by atoms with Gasteiger partial charge in [0.05, 0.1) is 6.04 Å². The van der Waals surface area contributed by atoms with Crippen molar-refractivity contribution in [2.45, 2.75) is 39.3 Å². The summed E-state index contributed by atoms with van der Waals surface area (Å²) in [5, 5.41) is 3.99. The molecule has 2 aromatic rings. The molecule has 1 unspecified atom stereocenters. The largest absolute Gasteiger partial charge is 0.444 e. The molecule has 25 heavy (non-hydrogen) atoms. The van der Waals surface area contributed by atoms with E-state index in [9.17, 15) is 9.18 Å². The molecule has 1 amide bonds. The molecule has 2 rings (SSSR count). The monoisotopic (exact) mass is 369 g/mol. The van der Waals surface area contributed by atoms with E-state index in [0.717, 1.165) is 0 Å². The summed E-state index contributed by atoms with van der Waals surface area (Å²) in [6.07, 6.45) is 2.38. The van der Waals surface area contributed by atoms with Gasteiger partial charge < -0.3 is 9.64 Å². The highest BCUT2D eigenvalue weighted by molar-refractivity contribution is 6.29. The standard InChI is InChI=1S/C16H21ClFN5O2/c1-9(23(6)15(24)25-16(2,3)4)10-7-22(5)21-12(10)13-11(18)14(17)20-8-19-13/h7-9H,1-6H3. The lowest BCUT2D eigenvalue weighted by Gasteiger charge is -2.28. The minimum atomic E-state index is -0.753. The van der Waals surface area contributed by atoms with E-state index in [4.69, 9.17) is 16.3 Å². The van der Waals surface area contributed by atoms with Gasteiger partial charge in [-0.05, 0) is 27.7 Å². The van der Waals surface area contributed by atoms with Gasteiger partial charge in [0.25, 0.3) is 0 Å². The van der Waals surface area contributed by atoms with Gasteiger partial charge >= 0.3 is 6.09 Å². The Balaban J connectivity index is 2.40. The van der Waals surface area contributed by atoms with Crippen molar-refractivity contribution in [2.75, 3.05) is 7.05 Å². The van der Waals surface area contributed by atoms with Crippen LogP contribution < -0.4 is 0 Å². The second-order valence-corrected chi connectivity index (χ2v) is 7.06. The summed E-state index contributed by atoms with van der Waals surface area (Å²) >= 11 is 5.74. The Hall–Kier alpha value is -2.22. The molecular weight excluding hydrogens is 349 g/mol. The van der Waals surface area contributed by atoms with Gasteiger partial charge in [0, 0.05) is 25.9 Å². The van der Waals surface area contributed by atoms with Gasteiger partial charge in [-0.3, -0.25) is 4.68 Å². The molecule has 2 heterocycles. The van der Waals surface area contributed by atoms with Gasteiger partial charge in [0.15, 0.2) is 11.0 Å². The highest BCUT2D eigenvalue weighted by atomic mass is 35.5. The predicted molar refractivity (Wildman–Crippen MR) is 91.6 cm³/mol. The van der Waals surface area contributed by atoms with E-state index >= 15 is 0 Å². The fraction of sp³-hybridized carbons (Fsp3) is 0.500. The third-order valence-corrected chi connectivity index (χ3v) is 3.80. The lowest BCUT2D eigenvalue weighted by Crippen LogP contribution is -2.35. The normalized spacial score (nSPS) is 12.8. The first kappa shape index (κ1) is 19.1. The Morgan fingerprint density at radius 2 is 2.00 bits per heavy atom. The maximum atomic E-state index is 14.3. The molecule has 0 aromatic carbocycles. The van der Waals surface area contributed by atoms with Gasteiger partial charge in [-0.2, -0.15) is 5.10 Å². The van der Waals surface area contributed by atoms with E-state index in [-0.39, 0.29) is 10.8 Å². The van der Waals surface area contributed by atoms with Crippen molar-refractivity contribution in [2.24, 2.45) is 7.05 Å². The Bertz CT molecular complexity index is 787. The zero-order valence-corrected chi connectivity index (χ0v) is 15.8. The molecule has 0 aliphatic heterocycles. The van der Waals surface area contributed by atoms with E-state index in [0.29, 0.717) is 11.3 Å². The van der Waals surface area contributed by atoms with Crippen molar-refractivity contribution in [3.63, 3.8) is 0 Å². The molecule has 0 aliphatic carbocycles. The Kier molecular flexibility index (Phi) is 5.31. The Labute approximate surface area is 150 Å². The molecule has 0 saturated heterocycles. The summed E-state index contributed by atoms with van der Waals surface area (Å²) in [5.74, 6) is -0.753. The minimum absolute atomic E-state index is 0.0139. The van der Waals surface area contributed by atoms with Gasteiger partial charge in [0.2, 0.25) is 0 Å². The van der Waals surface area contributed by atoms with E-state index in [1.807, 2.05) is 0 Å². The van der Waals surface area contributed by atoms with Crippen molar-refractivity contribution >= 4 is 17.7 Å². The number of hydrogen-bond donors (Lipinski definition) is 0. The molecule has 0 spiro atoms. The van der Waals surface area contributed by atoms with Crippen LogP contribution in [0.5, 0.6) is 0 Å². The van der Waals surface area contributed by atoms with Crippen LogP contribution in [0.15, 0.2) is 12.5 Å². The second kappa shape index (κ2) is 6.95. The number of halogens is 2. The molecule has 9 heteroatoms. The van der Waals surface area contributed by atoms with Crippen LogP contribution in [0.25, 0.3) is 11.4 Å². The van der Waals surface area contributed by atoms with Crippen molar-refractivity contribution in [1.82, 2.24) is 24.6 Å². The summed E-state index contributed by atoms with van der Waals surface area (Å²) in [5.41, 5.74) is 0.284. The molecule has 0 radical (unpaired) electrons. The first-order valence-corrected chi connectivity index (χ1v) is 8.04. The molecular formula is C16H21ClFN5O2. The molecule has 0 aliphatic rings. The Morgan fingerprint density at radius 1 is 1.36 bits per heavy atom. The van der Waals surface area contributed by atoms with Crippen LogP contribution >= 0.6 is 11.6 Å². The second-order valence-electron chi connectivity index (χ2n) is 6.70. The summed E-state index contributed by atoms with van der Waals surface area (Å²) in [4.78, 5) is 21.3. The van der Waals surface area contributed by atoms with Crippen LogP contribution in [0.3, 0.4) is 0 Å². The number of ether oxygens (including phenoxy) is 1. The van der Waals surface area contributed by atoms with Crippen LogP contribution in [0, 0.1) is 5.82 Å². The van der Waals surface area contributed by atoms with E-state index in [2.05, 4.69) is 15.1 Å². The first-order chi connectivity index (χ1) is 11.5. The van der Waals surface area contributed by atoms with Crippen molar-refractivity contribution < 1.29 is 13.9 Å². The van der Waals surface area contributed by atoms with Crippen LogP contribution in [-0.4, -0.2) is 43.4 Å². The van der Waals surface area contributed by atoms with Crippen molar-refractivity contribution in [3.05, 3.63) is 29.1 Å². The molecule has 2 aromatic heterocycles. The molecule has 1 atom stereocenters. The van der Waals surface area contributed by atoms with E-state index < -0.39 is 23.6 Å². The fourth-order valence-corrected chi connectivity index (χ4v) is 2.34. The van der Waals surface area contributed by atoms with Crippen molar-refractivity contribution in [3.8, 4) is 11.4 Å². The number of aromatic nitrogens is 4. The average Bonchev–Trinajstić information content (AvgIpc) is 2.88. The molecule has 7 nitrogen and oxygen atoms in total. The molecule has 0 N–H and O–H groups in total. The fourth-order valence-electron chi connectivity index (χ4n) is 2.21. The van der Waals surface area contributed by atoms with Crippen molar-refractivity contribution in [1.29, 1.82) is 0 Å². The number of rotatable bonds is 3.